The van der Waals surface area contributed by atoms with Gasteiger partial charge in [0, 0.05) is 24.4 Å². The Kier molecular flexibility index (Phi) is 5.58. The molecular weight excluding hydrogens is 234 g/mol. The number of hydrogen-bond acceptors (Lipinski definition) is 4. The summed E-state index contributed by atoms with van der Waals surface area (Å²) in [6.45, 7) is 4.68. The SMILES string of the molecule is CCCC(N)CC(=O)N(C)Cc1scnc1C. The van der Waals surface area contributed by atoms with Crippen LogP contribution in [0.3, 0.4) is 0 Å². The van der Waals surface area contributed by atoms with Crippen molar-refractivity contribution < 1.29 is 4.79 Å². The molecule has 1 aromatic rings. The quantitative estimate of drug-likeness (QED) is 0.845. The molecule has 0 fully saturated rings. The molecule has 1 atom stereocenters. The Morgan fingerprint density at radius 3 is 2.88 bits per heavy atom. The van der Waals surface area contributed by atoms with Gasteiger partial charge in [0.05, 0.1) is 17.7 Å². The van der Waals surface area contributed by atoms with E-state index in [1.54, 1.807) is 16.2 Å². The largest absolute Gasteiger partial charge is 0.340 e. The van der Waals surface area contributed by atoms with Crippen LogP contribution in [0.2, 0.25) is 0 Å². The highest BCUT2D eigenvalue weighted by atomic mass is 32.1. The second-order valence-electron chi connectivity index (χ2n) is 4.36. The van der Waals surface area contributed by atoms with E-state index in [-0.39, 0.29) is 11.9 Å². The molecule has 96 valence electrons. The summed E-state index contributed by atoms with van der Waals surface area (Å²) in [6.07, 6.45) is 2.35. The number of nitrogens with two attached hydrogens (primary N) is 1. The van der Waals surface area contributed by atoms with Crippen molar-refractivity contribution in [2.45, 2.75) is 45.7 Å². The second-order valence-corrected chi connectivity index (χ2v) is 5.30. The Balaban J connectivity index is 2.45. The average Bonchev–Trinajstić information content (AvgIpc) is 2.64. The Morgan fingerprint density at radius 2 is 2.35 bits per heavy atom. The van der Waals surface area contributed by atoms with Gasteiger partial charge in [0.1, 0.15) is 0 Å². The third kappa shape index (κ3) is 4.44. The van der Waals surface area contributed by atoms with Crippen molar-refractivity contribution in [3.8, 4) is 0 Å². The molecule has 4 nitrogen and oxygen atoms in total. The first-order chi connectivity index (χ1) is 8.04. The van der Waals surface area contributed by atoms with Crippen molar-refractivity contribution >= 4 is 17.2 Å². The molecule has 0 saturated heterocycles. The number of nitrogens with zero attached hydrogens (tertiary/aromatic N) is 2. The van der Waals surface area contributed by atoms with Crippen LogP contribution in [0.4, 0.5) is 0 Å². The summed E-state index contributed by atoms with van der Waals surface area (Å²) < 4.78 is 0. The number of amides is 1. The number of rotatable bonds is 6. The van der Waals surface area contributed by atoms with Crippen LogP contribution in [0.25, 0.3) is 0 Å². The lowest BCUT2D eigenvalue weighted by Gasteiger charge is -2.19. The molecule has 1 aromatic heterocycles. The minimum atomic E-state index is -0.0162. The highest BCUT2D eigenvalue weighted by molar-refractivity contribution is 7.09. The molecule has 17 heavy (non-hydrogen) atoms. The first kappa shape index (κ1) is 14.1. The molecule has 1 rings (SSSR count). The predicted octanol–water partition coefficient (Wildman–Crippen LogP) is 1.93. The lowest BCUT2D eigenvalue weighted by molar-refractivity contribution is -0.130. The van der Waals surface area contributed by atoms with E-state index in [4.69, 9.17) is 5.73 Å². The molecule has 2 N–H and O–H groups in total. The van der Waals surface area contributed by atoms with Crippen molar-refractivity contribution in [1.82, 2.24) is 9.88 Å². The number of aryl methyl sites for hydroxylation is 1. The van der Waals surface area contributed by atoms with Crippen LogP contribution >= 0.6 is 11.3 Å². The van der Waals surface area contributed by atoms with E-state index < -0.39 is 0 Å². The Morgan fingerprint density at radius 1 is 1.65 bits per heavy atom. The molecule has 0 radical (unpaired) electrons. The molecule has 5 heteroatoms. The van der Waals surface area contributed by atoms with Gasteiger partial charge in [-0.2, -0.15) is 0 Å². The topological polar surface area (TPSA) is 59.2 Å². The fourth-order valence-corrected chi connectivity index (χ4v) is 2.46. The highest BCUT2D eigenvalue weighted by Gasteiger charge is 2.14. The standard InChI is InChI=1S/C12H21N3OS/c1-4-5-10(13)6-12(16)15(3)7-11-9(2)14-8-17-11/h8,10H,4-7,13H2,1-3H3. The third-order valence-corrected chi connectivity index (χ3v) is 3.67. The van der Waals surface area contributed by atoms with E-state index in [1.165, 1.54) is 0 Å². The first-order valence-electron chi connectivity index (χ1n) is 5.93. The summed E-state index contributed by atoms with van der Waals surface area (Å²) in [6, 6.07) is -0.0162. The van der Waals surface area contributed by atoms with Crippen LogP contribution in [-0.4, -0.2) is 28.9 Å². The van der Waals surface area contributed by atoms with Gasteiger partial charge >= 0.3 is 0 Å². The maximum Gasteiger partial charge on any atom is 0.224 e. The lowest BCUT2D eigenvalue weighted by Crippen LogP contribution is -2.32. The lowest BCUT2D eigenvalue weighted by atomic mass is 10.1. The average molecular weight is 255 g/mol. The minimum absolute atomic E-state index is 0.0162. The van der Waals surface area contributed by atoms with E-state index in [2.05, 4.69) is 11.9 Å². The number of hydrogen-bond donors (Lipinski definition) is 1. The van der Waals surface area contributed by atoms with E-state index in [0.29, 0.717) is 13.0 Å². The molecule has 0 saturated carbocycles. The zero-order chi connectivity index (χ0) is 12.8. The van der Waals surface area contributed by atoms with Crippen LogP contribution in [0.1, 0.15) is 36.8 Å². The van der Waals surface area contributed by atoms with Crippen molar-refractivity contribution in [2.24, 2.45) is 5.73 Å². The van der Waals surface area contributed by atoms with E-state index >= 15 is 0 Å². The summed E-state index contributed by atoms with van der Waals surface area (Å²) in [5.74, 6) is 0.110. The highest BCUT2D eigenvalue weighted by Crippen LogP contribution is 2.15. The Hall–Kier alpha value is -0.940. The minimum Gasteiger partial charge on any atom is -0.340 e. The fraction of sp³-hybridized carbons (Fsp3) is 0.667. The predicted molar refractivity (Wildman–Crippen MR) is 70.8 cm³/mol. The zero-order valence-electron chi connectivity index (χ0n) is 10.8. The van der Waals surface area contributed by atoms with E-state index in [9.17, 15) is 4.79 Å². The van der Waals surface area contributed by atoms with Crippen molar-refractivity contribution in [1.29, 1.82) is 0 Å². The van der Waals surface area contributed by atoms with Gasteiger partial charge in [-0.05, 0) is 13.3 Å². The van der Waals surface area contributed by atoms with Crippen LogP contribution in [-0.2, 0) is 11.3 Å². The van der Waals surface area contributed by atoms with Gasteiger partial charge in [-0.25, -0.2) is 4.98 Å². The Bertz CT molecular complexity index is 364. The van der Waals surface area contributed by atoms with Gasteiger partial charge in [0.15, 0.2) is 0 Å². The van der Waals surface area contributed by atoms with Crippen molar-refractivity contribution in [3.63, 3.8) is 0 Å². The summed E-state index contributed by atoms with van der Waals surface area (Å²) in [5, 5.41) is 0. The molecule has 0 aromatic carbocycles. The number of carbonyl (C=O) groups is 1. The molecule has 0 aliphatic carbocycles. The van der Waals surface area contributed by atoms with Crippen LogP contribution < -0.4 is 5.73 Å². The molecule has 1 unspecified atom stereocenters. The van der Waals surface area contributed by atoms with Crippen molar-refractivity contribution in [2.75, 3.05) is 7.05 Å². The fourth-order valence-electron chi connectivity index (χ4n) is 1.63. The number of aromatic nitrogens is 1. The summed E-state index contributed by atoms with van der Waals surface area (Å²) in [4.78, 5) is 18.9. The molecule has 0 spiro atoms. The maximum atomic E-state index is 11.9. The normalized spacial score (nSPS) is 12.5. The molecule has 1 amide bonds. The van der Waals surface area contributed by atoms with Crippen LogP contribution in [0.15, 0.2) is 5.51 Å². The molecule has 0 aliphatic rings. The van der Waals surface area contributed by atoms with E-state index in [1.807, 2.05) is 19.5 Å². The summed E-state index contributed by atoms with van der Waals surface area (Å²) >= 11 is 1.59. The molecular formula is C12H21N3OS. The zero-order valence-corrected chi connectivity index (χ0v) is 11.6. The van der Waals surface area contributed by atoms with Gasteiger partial charge in [-0.1, -0.05) is 13.3 Å². The van der Waals surface area contributed by atoms with Gasteiger partial charge < -0.3 is 10.6 Å². The first-order valence-corrected chi connectivity index (χ1v) is 6.81. The van der Waals surface area contributed by atoms with Crippen LogP contribution in [0.5, 0.6) is 0 Å². The number of carbonyl (C=O) groups excluding carboxylic acids is 1. The smallest absolute Gasteiger partial charge is 0.224 e. The van der Waals surface area contributed by atoms with Gasteiger partial charge in [-0.3, -0.25) is 4.79 Å². The number of thiazole rings is 1. The molecule has 0 bridgehead atoms. The van der Waals surface area contributed by atoms with Gasteiger partial charge in [-0.15, -0.1) is 11.3 Å². The summed E-state index contributed by atoms with van der Waals surface area (Å²) in [5.41, 5.74) is 8.69. The molecule has 1 heterocycles. The molecule has 0 aliphatic heterocycles. The Labute approximate surface area is 107 Å². The van der Waals surface area contributed by atoms with Crippen molar-refractivity contribution in [3.05, 3.63) is 16.1 Å². The van der Waals surface area contributed by atoms with Crippen LogP contribution in [0, 0.1) is 6.92 Å². The third-order valence-electron chi connectivity index (χ3n) is 2.75. The van der Waals surface area contributed by atoms with Gasteiger partial charge in [0.25, 0.3) is 0 Å². The second kappa shape index (κ2) is 6.71. The monoisotopic (exact) mass is 255 g/mol. The maximum absolute atomic E-state index is 11.9. The van der Waals surface area contributed by atoms with E-state index in [0.717, 1.165) is 23.4 Å². The van der Waals surface area contributed by atoms with Gasteiger partial charge in [0.2, 0.25) is 5.91 Å². The summed E-state index contributed by atoms with van der Waals surface area (Å²) in [7, 11) is 1.82.